The van der Waals surface area contributed by atoms with E-state index in [4.69, 9.17) is 0 Å². The molecule has 0 saturated carbocycles. The van der Waals surface area contributed by atoms with Crippen LogP contribution in [0.4, 0.5) is 0 Å². The minimum absolute atomic E-state index is 0.0320. The minimum atomic E-state index is 0.0320. The third-order valence-electron chi connectivity index (χ3n) is 5.39. The van der Waals surface area contributed by atoms with E-state index in [1.807, 2.05) is 42.3 Å². The smallest absolute Gasteiger partial charge is 0.271 e. The van der Waals surface area contributed by atoms with E-state index in [2.05, 4.69) is 31.0 Å². The van der Waals surface area contributed by atoms with Crippen molar-refractivity contribution < 1.29 is 4.79 Å². The van der Waals surface area contributed by atoms with E-state index in [0.29, 0.717) is 17.7 Å². The zero-order valence-electron chi connectivity index (χ0n) is 13.7. The fourth-order valence-electron chi connectivity index (χ4n) is 3.91. The molecule has 5 nitrogen and oxygen atoms in total. The standard InChI is InChI=1S/C18H21BrN4O/c1-22(17-11-23-8-6-13(17)7-9-23)18(24)16-10-15(20-21-16)12-2-4-14(19)5-3-12/h2-5,10,13,17H,6-9,11H2,1H3,(H,20,21). The molecule has 5 rings (SSSR count). The second kappa shape index (κ2) is 6.33. The van der Waals surface area contributed by atoms with Crippen LogP contribution < -0.4 is 0 Å². The van der Waals surface area contributed by atoms with Gasteiger partial charge in [0.2, 0.25) is 0 Å². The number of likely N-dealkylation sites (N-methyl/N-ethyl adjacent to an activating group) is 1. The highest BCUT2D eigenvalue weighted by Crippen LogP contribution is 2.31. The first-order valence-corrected chi connectivity index (χ1v) is 9.22. The molecule has 1 aromatic heterocycles. The van der Waals surface area contributed by atoms with E-state index >= 15 is 0 Å². The molecule has 4 heterocycles. The van der Waals surface area contributed by atoms with Crippen LogP contribution in [0.1, 0.15) is 23.3 Å². The summed E-state index contributed by atoms with van der Waals surface area (Å²) in [5.74, 6) is 0.669. The lowest BCUT2D eigenvalue weighted by atomic mass is 9.83. The summed E-state index contributed by atoms with van der Waals surface area (Å²) in [6.07, 6.45) is 2.41. The van der Waals surface area contributed by atoms with Gasteiger partial charge in [-0.2, -0.15) is 5.10 Å². The minimum Gasteiger partial charge on any atom is -0.336 e. The highest BCUT2D eigenvalue weighted by molar-refractivity contribution is 9.10. The average Bonchev–Trinajstić information content (AvgIpc) is 3.12. The summed E-state index contributed by atoms with van der Waals surface area (Å²) in [4.78, 5) is 17.2. The molecule has 6 heteroatoms. The summed E-state index contributed by atoms with van der Waals surface area (Å²) in [7, 11) is 1.93. The Morgan fingerprint density at radius 1 is 1.29 bits per heavy atom. The van der Waals surface area contributed by atoms with Crippen LogP contribution in [-0.2, 0) is 0 Å². The lowest BCUT2D eigenvalue weighted by molar-refractivity contribution is 0.0159. The molecule has 0 spiro atoms. The molecule has 2 bridgehead atoms. The van der Waals surface area contributed by atoms with E-state index in [0.717, 1.165) is 22.3 Å². The van der Waals surface area contributed by atoms with Crippen molar-refractivity contribution in [2.45, 2.75) is 18.9 Å². The molecule has 3 aliphatic heterocycles. The monoisotopic (exact) mass is 388 g/mol. The Bertz CT molecular complexity index is 734. The Hall–Kier alpha value is -1.66. The SMILES string of the molecule is CN(C(=O)c1cc(-c2ccc(Br)cc2)n[nH]1)C1CN2CCC1CC2. The number of carbonyl (C=O) groups excluding carboxylic acids is 1. The number of hydrogen-bond acceptors (Lipinski definition) is 3. The number of hydrogen-bond donors (Lipinski definition) is 1. The molecule has 3 fully saturated rings. The zero-order valence-corrected chi connectivity index (χ0v) is 15.3. The number of fused-ring (bicyclic) bond motifs is 3. The maximum Gasteiger partial charge on any atom is 0.271 e. The highest BCUT2D eigenvalue weighted by Gasteiger charge is 2.38. The highest BCUT2D eigenvalue weighted by atomic mass is 79.9. The molecule has 1 atom stereocenters. The number of nitrogens with one attached hydrogen (secondary N) is 1. The number of aromatic amines is 1. The van der Waals surface area contributed by atoms with Crippen molar-refractivity contribution in [1.29, 1.82) is 0 Å². The number of piperidine rings is 3. The molecule has 1 N–H and O–H groups in total. The van der Waals surface area contributed by atoms with Crippen LogP contribution in [0.15, 0.2) is 34.8 Å². The van der Waals surface area contributed by atoms with Crippen LogP contribution in [0.25, 0.3) is 11.3 Å². The topological polar surface area (TPSA) is 52.2 Å². The molecule has 3 aliphatic rings. The summed E-state index contributed by atoms with van der Waals surface area (Å²) >= 11 is 3.43. The van der Waals surface area contributed by atoms with Gasteiger partial charge in [0.25, 0.3) is 5.91 Å². The number of halogens is 1. The van der Waals surface area contributed by atoms with E-state index in [9.17, 15) is 4.79 Å². The third-order valence-corrected chi connectivity index (χ3v) is 5.92. The molecule has 0 radical (unpaired) electrons. The average molecular weight is 389 g/mol. The van der Waals surface area contributed by atoms with E-state index in [1.165, 1.54) is 25.9 Å². The second-order valence-corrected chi connectivity index (χ2v) is 7.71. The maximum atomic E-state index is 12.8. The summed E-state index contributed by atoms with van der Waals surface area (Å²) in [6, 6.07) is 10.1. The Kier molecular flexibility index (Phi) is 4.18. The number of benzene rings is 1. The zero-order chi connectivity index (χ0) is 16.7. The van der Waals surface area contributed by atoms with E-state index < -0.39 is 0 Å². The summed E-state index contributed by atoms with van der Waals surface area (Å²) in [6.45, 7) is 3.36. The van der Waals surface area contributed by atoms with Gasteiger partial charge in [-0.15, -0.1) is 0 Å². The first-order chi connectivity index (χ1) is 11.6. The lowest BCUT2D eigenvalue weighted by Crippen LogP contribution is -2.57. The summed E-state index contributed by atoms with van der Waals surface area (Å²) in [5.41, 5.74) is 2.36. The molecular formula is C18H21BrN4O. The lowest BCUT2D eigenvalue weighted by Gasteiger charge is -2.47. The number of H-pyrrole nitrogens is 1. The van der Waals surface area contributed by atoms with Gasteiger partial charge in [-0.1, -0.05) is 28.1 Å². The Balaban J connectivity index is 1.51. The van der Waals surface area contributed by atoms with Crippen LogP contribution in [0.5, 0.6) is 0 Å². The summed E-state index contributed by atoms with van der Waals surface area (Å²) < 4.78 is 1.03. The number of carbonyl (C=O) groups is 1. The molecular weight excluding hydrogens is 368 g/mol. The van der Waals surface area contributed by atoms with Gasteiger partial charge in [0.1, 0.15) is 5.69 Å². The third kappa shape index (κ3) is 2.89. The molecule has 2 aromatic rings. The van der Waals surface area contributed by atoms with Gasteiger partial charge in [-0.05, 0) is 50.0 Å². The molecule has 24 heavy (non-hydrogen) atoms. The van der Waals surface area contributed by atoms with Crippen molar-refractivity contribution in [1.82, 2.24) is 20.0 Å². The quantitative estimate of drug-likeness (QED) is 0.878. The number of aromatic nitrogens is 2. The molecule has 0 aliphatic carbocycles. The van der Waals surface area contributed by atoms with Crippen molar-refractivity contribution in [2.75, 3.05) is 26.7 Å². The van der Waals surface area contributed by atoms with Gasteiger partial charge in [-0.3, -0.25) is 9.89 Å². The predicted molar refractivity (Wildman–Crippen MR) is 96.8 cm³/mol. The molecule has 1 amide bonds. The largest absolute Gasteiger partial charge is 0.336 e. The maximum absolute atomic E-state index is 12.8. The van der Waals surface area contributed by atoms with E-state index in [-0.39, 0.29) is 5.91 Å². The Morgan fingerprint density at radius 3 is 2.62 bits per heavy atom. The van der Waals surface area contributed by atoms with Crippen molar-refractivity contribution in [3.05, 3.63) is 40.5 Å². The van der Waals surface area contributed by atoms with Crippen molar-refractivity contribution in [3.8, 4) is 11.3 Å². The van der Waals surface area contributed by atoms with Gasteiger partial charge >= 0.3 is 0 Å². The van der Waals surface area contributed by atoms with Crippen LogP contribution in [0, 0.1) is 5.92 Å². The van der Waals surface area contributed by atoms with Gasteiger partial charge < -0.3 is 9.80 Å². The first kappa shape index (κ1) is 15.8. The number of rotatable bonds is 3. The molecule has 126 valence electrons. The van der Waals surface area contributed by atoms with Gasteiger partial charge in [0, 0.05) is 29.7 Å². The van der Waals surface area contributed by atoms with Crippen molar-refractivity contribution in [3.63, 3.8) is 0 Å². The van der Waals surface area contributed by atoms with Gasteiger partial charge in [-0.25, -0.2) is 0 Å². The molecule has 1 unspecified atom stereocenters. The normalized spacial score (nSPS) is 25.7. The fraction of sp³-hybridized carbons (Fsp3) is 0.444. The van der Waals surface area contributed by atoms with Gasteiger partial charge in [0.05, 0.1) is 5.69 Å². The number of amides is 1. The van der Waals surface area contributed by atoms with Crippen LogP contribution in [0.3, 0.4) is 0 Å². The van der Waals surface area contributed by atoms with E-state index in [1.54, 1.807) is 0 Å². The fourth-order valence-corrected chi connectivity index (χ4v) is 4.18. The number of nitrogens with zero attached hydrogens (tertiary/aromatic N) is 3. The van der Waals surface area contributed by atoms with Crippen LogP contribution in [-0.4, -0.2) is 58.6 Å². The molecule has 1 aromatic carbocycles. The second-order valence-electron chi connectivity index (χ2n) is 6.80. The predicted octanol–water partition coefficient (Wildman–Crippen LogP) is 3.01. The van der Waals surface area contributed by atoms with Crippen molar-refractivity contribution in [2.24, 2.45) is 5.92 Å². The van der Waals surface area contributed by atoms with Crippen LogP contribution >= 0.6 is 15.9 Å². The first-order valence-electron chi connectivity index (χ1n) is 8.42. The van der Waals surface area contributed by atoms with Crippen molar-refractivity contribution >= 4 is 21.8 Å². The Morgan fingerprint density at radius 2 is 2.00 bits per heavy atom. The van der Waals surface area contributed by atoms with Crippen LogP contribution in [0.2, 0.25) is 0 Å². The van der Waals surface area contributed by atoms with Gasteiger partial charge in [0.15, 0.2) is 0 Å². The summed E-state index contributed by atoms with van der Waals surface area (Å²) in [5, 5.41) is 7.23. The Labute approximate surface area is 150 Å². The molecule has 3 saturated heterocycles.